The Labute approximate surface area is 290 Å². The van der Waals surface area contributed by atoms with Crippen LogP contribution in [-0.4, -0.2) is 14.5 Å². The van der Waals surface area contributed by atoms with Gasteiger partial charge in [0, 0.05) is 45.1 Å². The Kier molecular flexibility index (Phi) is 6.56. The van der Waals surface area contributed by atoms with Gasteiger partial charge in [0.05, 0.1) is 22.4 Å². The van der Waals surface area contributed by atoms with Gasteiger partial charge in [-0.1, -0.05) is 152 Å². The molecular formula is C47H31N3. The number of hydrogen-bond acceptors (Lipinski definition) is 2. The van der Waals surface area contributed by atoms with Gasteiger partial charge in [0.1, 0.15) is 0 Å². The maximum absolute atomic E-state index is 5.28. The summed E-state index contributed by atoms with van der Waals surface area (Å²) in [5.41, 5.74) is 16.3. The van der Waals surface area contributed by atoms with Crippen LogP contribution in [0.2, 0.25) is 0 Å². The number of nitrogens with zero attached hydrogens (tertiary/aromatic N) is 3. The van der Waals surface area contributed by atoms with Crippen molar-refractivity contribution in [1.29, 1.82) is 0 Å². The van der Waals surface area contributed by atoms with E-state index in [1.165, 1.54) is 66.4 Å². The first-order valence-electron chi connectivity index (χ1n) is 17.1. The Morgan fingerprint density at radius 2 is 1.00 bits per heavy atom. The maximum atomic E-state index is 5.28. The molecule has 0 amide bonds. The van der Waals surface area contributed by atoms with Crippen LogP contribution in [0.25, 0.3) is 83.6 Å². The summed E-state index contributed by atoms with van der Waals surface area (Å²) in [6.07, 6.45) is 0.809. The van der Waals surface area contributed by atoms with Crippen molar-refractivity contribution in [2.45, 2.75) is 6.42 Å². The molecule has 2 aromatic heterocycles. The molecule has 0 unspecified atom stereocenters. The quantitative estimate of drug-likeness (QED) is 0.188. The summed E-state index contributed by atoms with van der Waals surface area (Å²) in [4.78, 5) is 10.4. The topological polar surface area (TPSA) is 30.7 Å². The normalized spacial score (nSPS) is 11.9. The first-order valence-corrected chi connectivity index (χ1v) is 17.1. The van der Waals surface area contributed by atoms with Crippen molar-refractivity contribution in [3.8, 4) is 61.8 Å². The molecule has 1 aliphatic rings. The molecule has 50 heavy (non-hydrogen) atoms. The Balaban J connectivity index is 1.12. The molecule has 9 aromatic rings. The summed E-state index contributed by atoms with van der Waals surface area (Å²) >= 11 is 0. The second-order valence-corrected chi connectivity index (χ2v) is 12.9. The smallest absolute Gasteiger partial charge is 0.160 e. The molecule has 0 fully saturated rings. The summed E-state index contributed by atoms with van der Waals surface area (Å²) < 4.78 is 2.38. The summed E-state index contributed by atoms with van der Waals surface area (Å²) in [5.74, 6) is 0.754. The van der Waals surface area contributed by atoms with Gasteiger partial charge in [-0.3, -0.25) is 0 Å². The lowest BCUT2D eigenvalue weighted by molar-refractivity contribution is 1.13. The second-order valence-electron chi connectivity index (χ2n) is 12.9. The maximum Gasteiger partial charge on any atom is 0.160 e. The molecule has 3 heteroatoms. The molecule has 3 nitrogen and oxygen atoms in total. The molecule has 0 saturated heterocycles. The van der Waals surface area contributed by atoms with Gasteiger partial charge in [-0.15, -0.1) is 0 Å². The second kappa shape index (κ2) is 11.5. The SMILES string of the molecule is c1ccc(-c2nc(-c3ccccc3)c3c(n2)-c2c(cccc2-c2ccc(-c4cccc5c4c4ccccc4n5-c4ccccc4)cc2)C3)cc1. The highest BCUT2D eigenvalue weighted by Gasteiger charge is 2.28. The standard InChI is InChI=1S/C47H31N3/c1-4-14-33(15-5-1)45-40-30-35-18-12-22-37(43(35)46(40)49-47(48-45)34-16-6-2-7-17-34)31-26-28-32(29-27-31)38-23-13-25-42-44(38)39-21-10-11-24-41(39)50(42)36-19-8-3-9-20-36/h1-29H,30H2. The van der Waals surface area contributed by atoms with Crippen molar-refractivity contribution in [2.75, 3.05) is 0 Å². The molecule has 0 spiro atoms. The number of rotatable bonds is 5. The van der Waals surface area contributed by atoms with Crippen LogP contribution in [0.1, 0.15) is 11.1 Å². The first kappa shape index (κ1) is 28.4. The van der Waals surface area contributed by atoms with E-state index in [-0.39, 0.29) is 0 Å². The van der Waals surface area contributed by atoms with E-state index in [1.807, 2.05) is 6.07 Å². The Morgan fingerprint density at radius 3 is 1.76 bits per heavy atom. The van der Waals surface area contributed by atoms with Crippen LogP contribution < -0.4 is 0 Å². The summed E-state index contributed by atoms with van der Waals surface area (Å²) in [7, 11) is 0. The van der Waals surface area contributed by atoms with E-state index in [0.717, 1.165) is 34.8 Å². The molecule has 0 aliphatic heterocycles. The molecule has 7 aromatic carbocycles. The number of para-hydroxylation sites is 2. The zero-order chi connectivity index (χ0) is 33.0. The van der Waals surface area contributed by atoms with E-state index in [0.29, 0.717) is 0 Å². The lowest BCUT2D eigenvalue weighted by Gasteiger charge is -2.13. The third-order valence-corrected chi connectivity index (χ3v) is 10.1. The van der Waals surface area contributed by atoms with Gasteiger partial charge >= 0.3 is 0 Å². The predicted molar refractivity (Wildman–Crippen MR) is 206 cm³/mol. The molecular weight excluding hydrogens is 607 g/mol. The molecule has 0 saturated carbocycles. The predicted octanol–water partition coefficient (Wildman–Crippen LogP) is 11.8. The van der Waals surface area contributed by atoms with Gasteiger partial charge in [0.2, 0.25) is 0 Å². The summed E-state index contributed by atoms with van der Waals surface area (Å²) in [6.45, 7) is 0. The van der Waals surface area contributed by atoms with Crippen LogP contribution in [0.3, 0.4) is 0 Å². The van der Waals surface area contributed by atoms with Crippen LogP contribution in [0, 0.1) is 0 Å². The Hall–Kier alpha value is -6.58. The van der Waals surface area contributed by atoms with Crippen molar-refractivity contribution < 1.29 is 0 Å². The zero-order valence-electron chi connectivity index (χ0n) is 27.3. The molecule has 0 radical (unpaired) electrons. The minimum Gasteiger partial charge on any atom is -0.309 e. The summed E-state index contributed by atoms with van der Waals surface area (Å²) in [5, 5.41) is 2.53. The lowest BCUT2D eigenvalue weighted by Crippen LogP contribution is -1.99. The fourth-order valence-electron chi connectivity index (χ4n) is 7.81. The summed E-state index contributed by atoms with van der Waals surface area (Å²) in [6, 6.07) is 62.7. The van der Waals surface area contributed by atoms with E-state index in [2.05, 4.69) is 174 Å². The van der Waals surface area contributed by atoms with Gasteiger partial charge in [0.25, 0.3) is 0 Å². The van der Waals surface area contributed by atoms with Crippen LogP contribution in [0.15, 0.2) is 176 Å². The number of aromatic nitrogens is 3. The van der Waals surface area contributed by atoms with Crippen LogP contribution >= 0.6 is 0 Å². The van der Waals surface area contributed by atoms with Gasteiger partial charge in [-0.2, -0.15) is 0 Å². The van der Waals surface area contributed by atoms with Crippen molar-refractivity contribution in [1.82, 2.24) is 14.5 Å². The zero-order valence-corrected chi connectivity index (χ0v) is 27.3. The van der Waals surface area contributed by atoms with E-state index in [4.69, 9.17) is 9.97 Å². The van der Waals surface area contributed by atoms with Crippen LogP contribution in [0.5, 0.6) is 0 Å². The molecule has 0 atom stereocenters. The molecule has 0 bridgehead atoms. The highest BCUT2D eigenvalue weighted by molar-refractivity contribution is 6.15. The molecule has 2 heterocycles. The Bertz CT molecular complexity index is 2690. The molecule has 0 N–H and O–H groups in total. The largest absolute Gasteiger partial charge is 0.309 e. The highest BCUT2D eigenvalue weighted by atomic mass is 15.0. The average Bonchev–Trinajstić information content (AvgIpc) is 3.75. The lowest BCUT2D eigenvalue weighted by atomic mass is 9.93. The monoisotopic (exact) mass is 637 g/mol. The van der Waals surface area contributed by atoms with Crippen molar-refractivity contribution in [3.05, 3.63) is 187 Å². The fraction of sp³-hybridized carbons (Fsp3) is 0.0213. The van der Waals surface area contributed by atoms with Crippen LogP contribution in [0.4, 0.5) is 0 Å². The van der Waals surface area contributed by atoms with Gasteiger partial charge in [0.15, 0.2) is 5.82 Å². The third-order valence-electron chi connectivity index (χ3n) is 10.1. The van der Waals surface area contributed by atoms with E-state index >= 15 is 0 Å². The van der Waals surface area contributed by atoms with E-state index in [9.17, 15) is 0 Å². The van der Waals surface area contributed by atoms with Crippen molar-refractivity contribution in [2.24, 2.45) is 0 Å². The molecule has 234 valence electrons. The van der Waals surface area contributed by atoms with Crippen LogP contribution in [-0.2, 0) is 6.42 Å². The van der Waals surface area contributed by atoms with Crippen molar-refractivity contribution >= 4 is 21.8 Å². The highest BCUT2D eigenvalue weighted by Crippen LogP contribution is 2.46. The van der Waals surface area contributed by atoms with E-state index in [1.54, 1.807) is 0 Å². The first-order chi connectivity index (χ1) is 24.8. The number of benzene rings is 7. The number of fused-ring (bicyclic) bond motifs is 6. The third kappa shape index (κ3) is 4.52. The van der Waals surface area contributed by atoms with Gasteiger partial charge in [-0.05, 0) is 52.1 Å². The van der Waals surface area contributed by atoms with Gasteiger partial charge < -0.3 is 4.57 Å². The fourth-order valence-corrected chi connectivity index (χ4v) is 7.81. The molecule has 10 rings (SSSR count). The van der Waals surface area contributed by atoms with E-state index < -0.39 is 0 Å². The average molecular weight is 638 g/mol. The minimum atomic E-state index is 0.754. The van der Waals surface area contributed by atoms with Gasteiger partial charge in [-0.25, -0.2) is 9.97 Å². The number of hydrogen-bond donors (Lipinski definition) is 0. The van der Waals surface area contributed by atoms with Crippen molar-refractivity contribution in [3.63, 3.8) is 0 Å². The Morgan fingerprint density at radius 1 is 0.420 bits per heavy atom. The minimum absolute atomic E-state index is 0.754. The molecule has 1 aliphatic carbocycles.